The Hall–Kier alpha value is -1.29. The first kappa shape index (κ1) is 9.80. The molecular formula is C9H15N3O. The Labute approximate surface area is 78.1 Å². The number of hydrogen-bond donors (Lipinski definition) is 2. The van der Waals surface area contributed by atoms with Crippen LogP contribution in [0.5, 0.6) is 0 Å². The van der Waals surface area contributed by atoms with Crippen molar-refractivity contribution in [1.82, 2.24) is 4.98 Å². The van der Waals surface area contributed by atoms with Crippen LogP contribution in [0, 0.1) is 0 Å². The SMILES string of the molecule is COC(C)CNc1ccc(N)cn1. The Bertz CT molecular complexity index is 248. The zero-order chi connectivity index (χ0) is 9.68. The van der Waals surface area contributed by atoms with Gasteiger partial charge >= 0.3 is 0 Å². The first-order valence-corrected chi connectivity index (χ1v) is 4.20. The number of aromatic nitrogens is 1. The van der Waals surface area contributed by atoms with Crippen LogP contribution in [0.15, 0.2) is 18.3 Å². The number of nitrogens with zero attached hydrogens (tertiary/aromatic N) is 1. The fourth-order valence-electron chi connectivity index (χ4n) is 0.842. The molecule has 1 atom stereocenters. The molecule has 4 heteroatoms. The zero-order valence-electron chi connectivity index (χ0n) is 7.95. The van der Waals surface area contributed by atoms with E-state index in [1.165, 1.54) is 0 Å². The largest absolute Gasteiger partial charge is 0.397 e. The van der Waals surface area contributed by atoms with E-state index in [1.807, 2.05) is 19.1 Å². The number of nitrogens with one attached hydrogen (secondary N) is 1. The lowest BCUT2D eigenvalue weighted by Crippen LogP contribution is -2.18. The second kappa shape index (κ2) is 4.67. The summed E-state index contributed by atoms with van der Waals surface area (Å²) in [4.78, 5) is 4.09. The maximum atomic E-state index is 5.49. The van der Waals surface area contributed by atoms with E-state index < -0.39 is 0 Å². The smallest absolute Gasteiger partial charge is 0.126 e. The predicted octanol–water partition coefficient (Wildman–Crippen LogP) is 1.11. The molecule has 1 heterocycles. The van der Waals surface area contributed by atoms with Crippen molar-refractivity contribution in [2.24, 2.45) is 0 Å². The number of nitrogens with two attached hydrogens (primary N) is 1. The summed E-state index contributed by atoms with van der Waals surface area (Å²) in [5.74, 6) is 0.818. The maximum absolute atomic E-state index is 5.49. The topological polar surface area (TPSA) is 60.2 Å². The van der Waals surface area contributed by atoms with Crippen LogP contribution in [0.4, 0.5) is 11.5 Å². The minimum Gasteiger partial charge on any atom is -0.397 e. The van der Waals surface area contributed by atoms with Crippen molar-refractivity contribution in [3.63, 3.8) is 0 Å². The highest BCUT2D eigenvalue weighted by atomic mass is 16.5. The Morgan fingerprint density at radius 2 is 2.38 bits per heavy atom. The molecular weight excluding hydrogens is 166 g/mol. The minimum absolute atomic E-state index is 0.180. The Kier molecular flexibility index (Phi) is 3.52. The number of rotatable bonds is 4. The average Bonchev–Trinajstić information content (AvgIpc) is 2.16. The van der Waals surface area contributed by atoms with E-state index >= 15 is 0 Å². The van der Waals surface area contributed by atoms with Crippen molar-refractivity contribution in [2.75, 3.05) is 24.7 Å². The molecule has 3 N–H and O–H groups in total. The second-order valence-corrected chi connectivity index (χ2v) is 2.90. The third-order valence-electron chi connectivity index (χ3n) is 1.76. The molecule has 4 nitrogen and oxygen atoms in total. The van der Waals surface area contributed by atoms with Crippen molar-refractivity contribution < 1.29 is 4.74 Å². The van der Waals surface area contributed by atoms with Gasteiger partial charge in [0.05, 0.1) is 18.0 Å². The van der Waals surface area contributed by atoms with Gasteiger partial charge in [-0.2, -0.15) is 0 Å². The highest BCUT2D eigenvalue weighted by Crippen LogP contribution is 2.05. The number of nitrogen functional groups attached to an aromatic ring is 1. The molecule has 1 unspecified atom stereocenters. The van der Waals surface area contributed by atoms with Gasteiger partial charge < -0.3 is 15.8 Å². The van der Waals surface area contributed by atoms with Crippen molar-refractivity contribution in [1.29, 1.82) is 0 Å². The molecule has 1 aromatic heterocycles. The van der Waals surface area contributed by atoms with Gasteiger partial charge in [0.15, 0.2) is 0 Å². The third-order valence-corrected chi connectivity index (χ3v) is 1.76. The van der Waals surface area contributed by atoms with Gasteiger partial charge in [0.25, 0.3) is 0 Å². The van der Waals surface area contributed by atoms with Crippen molar-refractivity contribution >= 4 is 11.5 Å². The summed E-state index contributed by atoms with van der Waals surface area (Å²) < 4.78 is 5.08. The van der Waals surface area contributed by atoms with Crippen LogP contribution in [0.1, 0.15) is 6.92 Å². The molecule has 0 radical (unpaired) electrons. The van der Waals surface area contributed by atoms with Crippen LogP contribution in [0.25, 0.3) is 0 Å². The Morgan fingerprint density at radius 1 is 1.62 bits per heavy atom. The molecule has 0 amide bonds. The van der Waals surface area contributed by atoms with E-state index in [2.05, 4.69) is 10.3 Å². The van der Waals surface area contributed by atoms with E-state index in [4.69, 9.17) is 10.5 Å². The van der Waals surface area contributed by atoms with Crippen LogP contribution in [-0.4, -0.2) is 24.7 Å². The van der Waals surface area contributed by atoms with Gasteiger partial charge in [-0.25, -0.2) is 4.98 Å². The van der Waals surface area contributed by atoms with Crippen molar-refractivity contribution in [3.8, 4) is 0 Å². The van der Waals surface area contributed by atoms with Gasteiger partial charge in [0.2, 0.25) is 0 Å². The standard InChI is InChI=1S/C9H15N3O/c1-7(13-2)5-11-9-4-3-8(10)6-12-9/h3-4,6-7H,5,10H2,1-2H3,(H,11,12). The molecule has 0 aliphatic rings. The summed E-state index contributed by atoms with van der Waals surface area (Å²) in [6, 6.07) is 3.66. The molecule has 0 bridgehead atoms. The second-order valence-electron chi connectivity index (χ2n) is 2.90. The molecule has 72 valence electrons. The van der Waals surface area contributed by atoms with Crippen LogP contribution >= 0.6 is 0 Å². The lowest BCUT2D eigenvalue weighted by atomic mass is 10.4. The molecule has 0 saturated carbocycles. The van der Waals surface area contributed by atoms with E-state index in [9.17, 15) is 0 Å². The van der Waals surface area contributed by atoms with E-state index in [0.29, 0.717) is 5.69 Å². The van der Waals surface area contributed by atoms with E-state index in [1.54, 1.807) is 13.3 Å². The highest BCUT2D eigenvalue weighted by molar-refractivity contribution is 5.43. The van der Waals surface area contributed by atoms with E-state index in [0.717, 1.165) is 12.4 Å². The Morgan fingerprint density at radius 3 is 2.92 bits per heavy atom. The van der Waals surface area contributed by atoms with Gasteiger partial charge in [0, 0.05) is 13.7 Å². The number of ether oxygens (including phenoxy) is 1. The monoisotopic (exact) mass is 181 g/mol. The molecule has 1 aromatic rings. The third kappa shape index (κ3) is 3.29. The molecule has 13 heavy (non-hydrogen) atoms. The highest BCUT2D eigenvalue weighted by Gasteiger charge is 1.98. The van der Waals surface area contributed by atoms with Gasteiger partial charge in [-0.1, -0.05) is 0 Å². The van der Waals surface area contributed by atoms with E-state index in [-0.39, 0.29) is 6.10 Å². The van der Waals surface area contributed by atoms with Gasteiger partial charge in [-0.05, 0) is 19.1 Å². The van der Waals surface area contributed by atoms with Gasteiger partial charge in [-0.3, -0.25) is 0 Å². The van der Waals surface area contributed by atoms with Crippen LogP contribution < -0.4 is 11.1 Å². The lowest BCUT2D eigenvalue weighted by Gasteiger charge is -2.10. The average molecular weight is 181 g/mol. The normalized spacial score (nSPS) is 12.5. The first-order chi connectivity index (χ1) is 6.22. The molecule has 0 fully saturated rings. The summed E-state index contributed by atoms with van der Waals surface area (Å²) in [6.45, 7) is 2.73. The van der Waals surface area contributed by atoms with Gasteiger partial charge in [0.1, 0.15) is 5.82 Å². The lowest BCUT2D eigenvalue weighted by molar-refractivity contribution is 0.128. The molecule has 0 aromatic carbocycles. The summed E-state index contributed by atoms with van der Waals surface area (Å²) >= 11 is 0. The Balaban J connectivity index is 2.41. The van der Waals surface area contributed by atoms with Crippen LogP contribution in [0.2, 0.25) is 0 Å². The molecule has 0 aliphatic heterocycles. The molecule has 0 spiro atoms. The fourth-order valence-corrected chi connectivity index (χ4v) is 0.842. The molecule has 0 aliphatic carbocycles. The predicted molar refractivity (Wildman–Crippen MR) is 53.6 cm³/mol. The number of anilines is 2. The van der Waals surface area contributed by atoms with Crippen LogP contribution in [0.3, 0.4) is 0 Å². The summed E-state index contributed by atoms with van der Waals surface area (Å²) in [6.07, 6.45) is 1.80. The maximum Gasteiger partial charge on any atom is 0.126 e. The van der Waals surface area contributed by atoms with Crippen molar-refractivity contribution in [2.45, 2.75) is 13.0 Å². The number of methoxy groups -OCH3 is 1. The number of hydrogen-bond acceptors (Lipinski definition) is 4. The quantitative estimate of drug-likeness (QED) is 0.730. The van der Waals surface area contributed by atoms with Crippen LogP contribution in [-0.2, 0) is 4.74 Å². The van der Waals surface area contributed by atoms with Crippen molar-refractivity contribution in [3.05, 3.63) is 18.3 Å². The molecule has 0 saturated heterocycles. The summed E-state index contributed by atoms with van der Waals surface area (Å²) in [7, 11) is 1.68. The first-order valence-electron chi connectivity index (χ1n) is 4.20. The number of pyridine rings is 1. The summed E-state index contributed by atoms with van der Waals surface area (Å²) in [5, 5.41) is 3.13. The van der Waals surface area contributed by atoms with Gasteiger partial charge in [-0.15, -0.1) is 0 Å². The minimum atomic E-state index is 0.180. The molecule has 1 rings (SSSR count). The summed E-state index contributed by atoms with van der Waals surface area (Å²) in [5.41, 5.74) is 6.17. The zero-order valence-corrected chi connectivity index (χ0v) is 7.95. The fraction of sp³-hybridized carbons (Fsp3) is 0.444.